The van der Waals surface area contributed by atoms with Gasteiger partial charge in [0, 0.05) is 30.4 Å². The summed E-state index contributed by atoms with van der Waals surface area (Å²) in [7, 11) is 0. The molecule has 1 aliphatic carbocycles. The molecule has 0 atom stereocenters. The molecule has 138 valence electrons. The Morgan fingerprint density at radius 3 is 2.74 bits per heavy atom. The van der Waals surface area contributed by atoms with Gasteiger partial charge in [-0.1, -0.05) is 6.92 Å². The minimum absolute atomic E-state index is 0.242. The molecule has 0 saturated heterocycles. The zero-order chi connectivity index (χ0) is 19.0. The first-order chi connectivity index (χ1) is 13.1. The third kappa shape index (κ3) is 3.63. The Kier molecular flexibility index (Phi) is 4.53. The van der Waals surface area contributed by atoms with Crippen molar-refractivity contribution in [1.29, 1.82) is 5.26 Å². The van der Waals surface area contributed by atoms with Gasteiger partial charge in [0.15, 0.2) is 5.69 Å². The molecule has 0 bridgehead atoms. The monoisotopic (exact) mass is 363 g/mol. The standard InChI is InChI=1S/C21H22FN5/c1-3-16-9-18(22)6-7-21(16)27-19(8-14(2)24-27)10-17-13-26(12-15-4-5-15)25-20(17)11-23/h6-9,13,15H,3-5,10,12H2,1-2H3. The van der Waals surface area contributed by atoms with Gasteiger partial charge in [-0.2, -0.15) is 15.5 Å². The van der Waals surface area contributed by atoms with Crippen LogP contribution in [-0.2, 0) is 19.4 Å². The lowest BCUT2D eigenvalue weighted by Gasteiger charge is -2.11. The van der Waals surface area contributed by atoms with Gasteiger partial charge in [-0.15, -0.1) is 0 Å². The van der Waals surface area contributed by atoms with Crippen LogP contribution in [0.4, 0.5) is 4.39 Å². The molecule has 1 aliphatic rings. The second-order valence-corrected chi connectivity index (χ2v) is 7.27. The summed E-state index contributed by atoms with van der Waals surface area (Å²) in [5, 5.41) is 18.5. The molecule has 0 aliphatic heterocycles. The predicted octanol–water partition coefficient (Wildman–Crippen LogP) is 3.95. The van der Waals surface area contributed by atoms with Crippen LogP contribution in [0, 0.1) is 30.0 Å². The average Bonchev–Trinajstić information content (AvgIpc) is 3.27. The first kappa shape index (κ1) is 17.5. The Balaban J connectivity index is 1.70. The number of nitriles is 1. The lowest BCUT2D eigenvalue weighted by Crippen LogP contribution is -2.06. The van der Waals surface area contributed by atoms with Crippen LogP contribution in [0.2, 0.25) is 0 Å². The normalized spacial score (nSPS) is 13.7. The number of halogens is 1. The Morgan fingerprint density at radius 1 is 1.22 bits per heavy atom. The molecule has 6 heteroatoms. The molecule has 2 heterocycles. The van der Waals surface area contributed by atoms with E-state index in [9.17, 15) is 9.65 Å². The van der Waals surface area contributed by atoms with Gasteiger partial charge in [0.05, 0.1) is 11.4 Å². The number of hydrogen-bond acceptors (Lipinski definition) is 3. The van der Waals surface area contributed by atoms with Gasteiger partial charge in [0.25, 0.3) is 0 Å². The van der Waals surface area contributed by atoms with Crippen LogP contribution in [0.5, 0.6) is 0 Å². The smallest absolute Gasteiger partial charge is 0.166 e. The fourth-order valence-electron chi connectivity index (χ4n) is 3.47. The van der Waals surface area contributed by atoms with Crippen LogP contribution in [0.3, 0.4) is 0 Å². The van der Waals surface area contributed by atoms with Crippen molar-refractivity contribution in [2.45, 2.75) is 46.1 Å². The van der Waals surface area contributed by atoms with Crippen molar-refractivity contribution in [3.05, 3.63) is 64.5 Å². The zero-order valence-electron chi connectivity index (χ0n) is 15.6. The molecule has 27 heavy (non-hydrogen) atoms. The van der Waals surface area contributed by atoms with Crippen molar-refractivity contribution in [2.75, 3.05) is 0 Å². The van der Waals surface area contributed by atoms with Gasteiger partial charge >= 0.3 is 0 Å². The number of hydrogen-bond donors (Lipinski definition) is 0. The van der Waals surface area contributed by atoms with Gasteiger partial charge < -0.3 is 0 Å². The number of nitrogens with zero attached hydrogens (tertiary/aromatic N) is 5. The molecule has 3 aromatic rings. The summed E-state index contributed by atoms with van der Waals surface area (Å²) < 4.78 is 17.4. The first-order valence-electron chi connectivity index (χ1n) is 9.38. The van der Waals surface area contributed by atoms with Crippen molar-refractivity contribution in [3.63, 3.8) is 0 Å². The summed E-state index contributed by atoms with van der Waals surface area (Å²) in [6.07, 6.45) is 5.75. The molecule has 2 aromatic heterocycles. The molecule has 4 rings (SSSR count). The van der Waals surface area contributed by atoms with Gasteiger partial charge in [0.2, 0.25) is 0 Å². The van der Waals surface area contributed by atoms with Crippen LogP contribution in [0.1, 0.15) is 48.0 Å². The first-order valence-corrected chi connectivity index (χ1v) is 9.38. The molecule has 0 unspecified atom stereocenters. The van der Waals surface area contributed by atoms with E-state index in [2.05, 4.69) is 16.3 Å². The molecule has 1 fully saturated rings. The Morgan fingerprint density at radius 2 is 2.04 bits per heavy atom. The van der Waals surface area contributed by atoms with Crippen molar-refractivity contribution in [1.82, 2.24) is 19.6 Å². The van der Waals surface area contributed by atoms with E-state index in [1.807, 2.05) is 35.5 Å². The van der Waals surface area contributed by atoms with Crippen molar-refractivity contribution in [3.8, 4) is 11.8 Å². The molecule has 0 radical (unpaired) electrons. The third-order valence-electron chi connectivity index (χ3n) is 5.01. The molecular formula is C21H22FN5. The van der Waals surface area contributed by atoms with Gasteiger partial charge in [-0.3, -0.25) is 4.68 Å². The predicted molar refractivity (Wildman–Crippen MR) is 100 cm³/mol. The molecule has 5 nitrogen and oxygen atoms in total. The maximum Gasteiger partial charge on any atom is 0.166 e. The van der Waals surface area contributed by atoms with E-state index in [-0.39, 0.29) is 5.82 Å². The molecule has 0 amide bonds. The minimum Gasteiger partial charge on any atom is -0.271 e. The molecule has 1 saturated carbocycles. The number of benzene rings is 1. The quantitative estimate of drug-likeness (QED) is 0.666. The van der Waals surface area contributed by atoms with E-state index >= 15 is 0 Å². The highest BCUT2D eigenvalue weighted by Crippen LogP contribution is 2.30. The van der Waals surface area contributed by atoms with Crippen molar-refractivity contribution in [2.24, 2.45) is 5.92 Å². The lowest BCUT2D eigenvalue weighted by molar-refractivity contribution is 0.561. The number of rotatable bonds is 6. The minimum atomic E-state index is -0.242. The Hall–Kier alpha value is -2.94. The third-order valence-corrected chi connectivity index (χ3v) is 5.01. The highest BCUT2D eigenvalue weighted by molar-refractivity contribution is 5.44. The van der Waals surface area contributed by atoms with Gasteiger partial charge in [-0.05, 0) is 61.9 Å². The average molecular weight is 363 g/mol. The highest BCUT2D eigenvalue weighted by Gasteiger charge is 2.23. The van der Waals surface area contributed by atoms with E-state index in [0.717, 1.165) is 34.7 Å². The number of aryl methyl sites for hydroxylation is 2. The summed E-state index contributed by atoms with van der Waals surface area (Å²) in [5.74, 6) is 0.456. The summed E-state index contributed by atoms with van der Waals surface area (Å²) in [5.41, 5.74) is 5.02. The summed E-state index contributed by atoms with van der Waals surface area (Å²) >= 11 is 0. The van der Waals surface area contributed by atoms with E-state index in [1.54, 1.807) is 12.1 Å². The molecule has 0 N–H and O–H groups in total. The number of aromatic nitrogens is 4. The van der Waals surface area contributed by atoms with E-state index in [4.69, 9.17) is 0 Å². The van der Waals surface area contributed by atoms with Crippen LogP contribution >= 0.6 is 0 Å². The van der Waals surface area contributed by atoms with E-state index < -0.39 is 0 Å². The summed E-state index contributed by atoms with van der Waals surface area (Å²) in [4.78, 5) is 0. The molecule has 1 aromatic carbocycles. The molecular weight excluding hydrogens is 341 g/mol. The molecule has 0 spiro atoms. The summed E-state index contributed by atoms with van der Waals surface area (Å²) in [6, 6.07) is 9.02. The SMILES string of the molecule is CCc1cc(F)ccc1-n1nc(C)cc1Cc1cn(CC2CC2)nc1C#N. The van der Waals surface area contributed by atoms with Crippen molar-refractivity contribution >= 4 is 0 Å². The van der Waals surface area contributed by atoms with Gasteiger partial charge in [0.1, 0.15) is 11.9 Å². The van der Waals surface area contributed by atoms with Crippen LogP contribution in [0.25, 0.3) is 5.69 Å². The van der Waals surface area contributed by atoms with E-state index in [0.29, 0.717) is 24.5 Å². The van der Waals surface area contributed by atoms with Crippen LogP contribution < -0.4 is 0 Å². The second-order valence-electron chi connectivity index (χ2n) is 7.27. The van der Waals surface area contributed by atoms with Crippen LogP contribution in [-0.4, -0.2) is 19.6 Å². The lowest BCUT2D eigenvalue weighted by atomic mass is 10.1. The van der Waals surface area contributed by atoms with Gasteiger partial charge in [-0.25, -0.2) is 9.07 Å². The van der Waals surface area contributed by atoms with Crippen molar-refractivity contribution < 1.29 is 4.39 Å². The fourth-order valence-corrected chi connectivity index (χ4v) is 3.47. The zero-order valence-corrected chi connectivity index (χ0v) is 15.6. The Labute approximate surface area is 158 Å². The topological polar surface area (TPSA) is 59.4 Å². The second kappa shape index (κ2) is 6.99. The summed E-state index contributed by atoms with van der Waals surface area (Å²) in [6.45, 7) is 4.83. The van der Waals surface area contributed by atoms with Crippen LogP contribution in [0.15, 0.2) is 30.5 Å². The largest absolute Gasteiger partial charge is 0.271 e. The fraction of sp³-hybridized carbons (Fsp3) is 0.381. The van der Waals surface area contributed by atoms with E-state index in [1.165, 1.54) is 18.9 Å². The Bertz CT molecular complexity index is 1020. The highest BCUT2D eigenvalue weighted by atomic mass is 19.1. The maximum atomic E-state index is 13.6. The maximum absolute atomic E-state index is 13.6.